The van der Waals surface area contributed by atoms with Crippen molar-refractivity contribution in [3.05, 3.63) is 24.2 Å². The molecule has 2 unspecified atom stereocenters. The van der Waals surface area contributed by atoms with E-state index >= 15 is 0 Å². The second-order valence-corrected chi connectivity index (χ2v) is 4.41. The molecule has 1 aliphatic heterocycles. The SMILES string of the molecule is CC(c1ccoc1)N1CCC(N)(C(=O)O)C1. The maximum absolute atomic E-state index is 11.0. The molecule has 5 heteroatoms. The lowest BCUT2D eigenvalue weighted by atomic mass is 10.0. The molecule has 16 heavy (non-hydrogen) atoms. The van der Waals surface area contributed by atoms with Gasteiger partial charge in [-0.2, -0.15) is 0 Å². The minimum Gasteiger partial charge on any atom is -0.480 e. The summed E-state index contributed by atoms with van der Waals surface area (Å²) in [5.41, 5.74) is 5.77. The first-order valence-electron chi connectivity index (χ1n) is 5.31. The first kappa shape index (κ1) is 11.2. The monoisotopic (exact) mass is 224 g/mol. The largest absolute Gasteiger partial charge is 0.480 e. The first-order valence-corrected chi connectivity index (χ1v) is 5.31. The van der Waals surface area contributed by atoms with Crippen LogP contribution < -0.4 is 5.73 Å². The third kappa shape index (κ3) is 1.83. The normalized spacial score (nSPS) is 28.1. The van der Waals surface area contributed by atoms with E-state index in [1.54, 1.807) is 12.5 Å². The summed E-state index contributed by atoms with van der Waals surface area (Å²) in [5.74, 6) is -0.922. The number of hydrogen-bond donors (Lipinski definition) is 2. The zero-order valence-electron chi connectivity index (χ0n) is 9.22. The van der Waals surface area contributed by atoms with Crippen LogP contribution in [0, 0.1) is 0 Å². The molecule has 1 aromatic heterocycles. The molecule has 1 fully saturated rings. The van der Waals surface area contributed by atoms with Gasteiger partial charge in [0.05, 0.1) is 12.5 Å². The van der Waals surface area contributed by atoms with E-state index in [4.69, 9.17) is 15.3 Å². The predicted octanol–water partition coefficient (Wildman–Crippen LogP) is 0.828. The van der Waals surface area contributed by atoms with E-state index in [0.717, 1.165) is 5.56 Å². The van der Waals surface area contributed by atoms with E-state index < -0.39 is 11.5 Å². The second-order valence-electron chi connectivity index (χ2n) is 4.41. The van der Waals surface area contributed by atoms with Crippen LogP contribution in [-0.4, -0.2) is 34.6 Å². The van der Waals surface area contributed by atoms with Gasteiger partial charge in [0.25, 0.3) is 0 Å². The Morgan fingerprint density at radius 2 is 2.50 bits per heavy atom. The molecule has 0 bridgehead atoms. The number of carboxylic acid groups (broad SMARTS) is 1. The average Bonchev–Trinajstić information content (AvgIpc) is 2.85. The summed E-state index contributed by atoms with van der Waals surface area (Å²) < 4.78 is 5.02. The topological polar surface area (TPSA) is 79.7 Å². The minimum absolute atomic E-state index is 0.142. The molecule has 0 aliphatic carbocycles. The van der Waals surface area contributed by atoms with Crippen molar-refractivity contribution < 1.29 is 14.3 Å². The molecule has 0 aromatic carbocycles. The van der Waals surface area contributed by atoms with Gasteiger partial charge in [-0.05, 0) is 19.4 Å². The fraction of sp³-hybridized carbons (Fsp3) is 0.545. The summed E-state index contributed by atoms with van der Waals surface area (Å²) in [6.45, 7) is 3.11. The van der Waals surface area contributed by atoms with Crippen LogP contribution >= 0.6 is 0 Å². The van der Waals surface area contributed by atoms with Crippen molar-refractivity contribution in [2.75, 3.05) is 13.1 Å². The lowest BCUT2D eigenvalue weighted by Crippen LogP contribution is -2.50. The molecule has 0 saturated carbocycles. The summed E-state index contributed by atoms with van der Waals surface area (Å²) in [6, 6.07) is 2.03. The number of nitrogens with zero attached hydrogens (tertiary/aromatic N) is 1. The van der Waals surface area contributed by atoms with Crippen LogP contribution in [-0.2, 0) is 4.79 Å². The Kier molecular flexibility index (Phi) is 2.73. The van der Waals surface area contributed by atoms with Gasteiger partial charge in [-0.15, -0.1) is 0 Å². The molecule has 2 heterocycles. The fourth-order valence-corrected chi connectivity index (χ4v) is 2.09. The molecule has 1 aromatic rings. The van der Waals surface area contributed by atoms with Crippen molar-refractivity contribution in [2.24, 2.45) is 5.73 Å². The Labute approximate surface area is 93.8 Å². The van der Waals surface area contributed by atoms with Crippen LogP contribution in [0.1, 0.15) is 24.9 Å². The van der Waals surface area contributed by atoms with Gasteiger partial charge < -0.3 is 15.3 Å². The van der Waals surface area contributed by atoms with Gasteiger partial charge in [0, 0.05) is 24.7 Å². The van der Waals surface area contributed by atoms with Crippen LogP contribution in [0.25, 0.3) is 0 Å². The molecule has 0 radical (unpaired) electrons. The molecule has 0 spiro atoms. The Hall–Kier alpha value is -1.33. The maximum atomic E-state index is 11.0. The molecule has 88 valence electrons. The molecule has 1 aliphatic rings. The molecule has 3 N–H and O–H groups in total. The van der Waals surface area contributed by atoms with Crippen molar-refractivity contribution in [1.82, 2.24) is 4.90 Å². The number of carboxylic acids is 1. The fourth-order valence-electron chi connectivity index (χ4n) is 2.09. The predicted molar refractivity (Wildman–Crippen MR) is 57.9 cm³/mol. The van der Waals surface area contributed by atoms with Crippen LogP contribution in [0.3, 0.4) is 0 Å². The molecule has 1 saturated heterocycles. The average molecular weight is 224 g/mol. The van der Waals surface area contributed by atoms with Crippen molar-refractivity contribution in [1.29, 1.82) is 0 Å². The Morgan fingerprint density at radius 1 is 1.75 bits per heavy atom. The van der Waals surface area contributed by atoms with Crippen molar-refractivity contribution >= 4 is 5.97 Å². The summed E-state index contributed by atoms with van der Waals surface area (Å²) in [4.78, 5) is 13.1. The smallest absolute Gasteiger partial charge is 0.325 e. The molecule has 2 atom stereocenters. The molecule has 0 amide bonds. The maximum Gasteiger partial charge on any atom is 0.325 e. The third-order valence-corrected chi connectivity index (χ3v) is 3.33. The molecule has 5 nitrogen and oxygen atoms in total. The van der Waals surface area contributed by atoms with Crippen molar-refractivity contribution in [2.45, 2.75) is 24.9 Å². The summed E-state index contributed by atoms with van der Waals surface area (Å²) >= 11 is 0. The zero-order valence-corrected chi connectivity index (χ0v) is 9.22. The third-order valence-electron chi connectivity index (χ3n) is 3.33. The van der Waals surface area contributed by atoms with Crippen LogP contribution in [0.4, 0.5) is 0 Å². The molecule has 2 rings (SSSR count). The number of furan rings is 1. The number of aliphatic carboxylic acids is 1. The lowest BCUT2D eigenvalue weighted by Gasteiger charge is -2.25. The Morgan fingerprint density at radius 3 is 3.00 bits per heavy atom. The van der Waals surface area contributed by atoms with Crippen LogP contribution in [0.15, 0.2) is 23.0 Å². The second kappa shape index (κ2) is 3.92. The number of nitrogens with two attached hydrogens (primary N) is 1. The number of carbonyl (C=O) groups is 1. The summed E-state index contributed by atoms with van der Waals surface area (Å²) in [6.07, 6.45) is 3.79. The number of likely N-dealkylation sites (tertiary alicyclic amines) is 1. The van der Waals surface area contributed by atoms with Gasteiger partial charge in [-0.25, -0.2) is 0 Å². The Balaban J connectivity index is 2.07. The highest BCUT2D eigenvalue weighted by atomic mass is 16.4. The highest BCUT2D eigenvalue weighted by Crippen LogP contribution is 2.28. The first-order chi connectivity index (χ1) is 7.53. The number of rotatable bonds is 3. The van der Waals surface area contributed by atoms with E-state index in [9.17, 15) is 4.79 Å². The lowest BCUT2D eigenvalue weighted by molar-refractivity contribution is -0.142. The minimum atomic E-state index is -1.10. The van der Waals surface area contributed by atoms with Gasteiger partial charge in [-0.1, -0.05) is 0 Å². The van der Waals surface area contributed by atoms with Gasteiger partial charge >= 0.3 is 5.97 Å². The van der Waals surface area contributed by atoms with Crippen LogP contribution in [0.2, 0.25) is 0 Å². The van der Waals surface area contributed by atoms with Crippen molar-refractivity contribution in [3.8, 4) is 0 Å². The van der Waals surface area contributed by atoms with Gasteiger partial charge in [0.2, 0.25) is 0 Å². The number of hydrogen-bond acceptors (Lipinski definition) is 4. The quantitative estimate of drug-likeness (QED) is 0.794. The van der Waals surface area contributed by atoms with E-state index in [1.165, 1.54) is 0 Å². The van der Waals surface area contributed by atoms with E-state index in [2.05, 4.69) is 4.90 Å². The molecular weight excluding hydrogens is 208 g/mol. The highest BCUT2D eigenvalue weighted by Gasteiger charge is 2.42. The van der Waals surface area contributed by atoms with E-state index in [-0.39, 0.29) is 6.04 Å². The molecular formula is C11H16N2O3. The van der Waals surface area contributed by atoms with Gasteiger partial charge in [0.1, 0.15) is 5.54 Å². The highest BCUT2D eigenvalue weighted by molar-refractivity contribution is 5.79. The van der Waals surface area contributed by atoms with Gasteiger partial charge in [0.15, 0.2) is 0 Å². The standard InChI is InChI=1S/C11H16N2O3/c1-8(9-2-5-16-6-9)13-4-3-11(12,7-13)10(14)15/h2,5-6,8H,3-4,7,12H2,1H3,(H,14,15). The van der Waals surface area contributed by atoms with Crippen molar-refractivity contribution in [3.63, 3.8) is 0 Å². The summed E-state index contributed by atoms with van der Waals surface area (Å²) in [5, 5.41) is 9.03. The van der Waals surface area contributed by atoms with Crippen LogP contribution in [0.5, 0.6) is 0 Å². The van der Waals surface area contributed by atoms with E-state index in [1.807, 2.05) is 13.0 Å². The van der Waals surface area contributed by atoms with E-state index in [0.29, 0.717) is 19.5 Å². The van der Waals surface area contributed by atoms with Gasteiger partial charge in [-0.3, -0.25) is 9.69 Å². The zero-order chi connectivity index (χ0) is 11.8. The Bertz CT molecular complexity index is 377. The summed E-state index contributed by atoms with van der Waals surface area (Å²) in [7, 11) is 0.